The van der Waals surface area contributed by atoms with E-state index in [-0.39, 0.29) is 28.8 Å². The summed E-state index contributed by atoms with van der Waals surface area (Å²) in [4.78, 5) is 0. The van der Waals surface area contributed by atoms with Gasteiger partial charge in [-0.25, -0.2) is 0 Å². The molecule has 3 aromatic rings. The maximum Gasteiger partial charge on any atom is 0.208 e. The van der Waals surface area contributed by atoms with E-state index in [9.17, 15) is 8.78 Å². The van der Waals surface area contributed by atoms with E-state index < -0.39 is 11.6 Å². The molecule has 27 heavy (non-hydrogen) atoms. The molecular weight excluding hydrogens is 350 g/mol. The van der Waals surface area contributed by atoms with Crippen LogP contribution in [0, 0.1) is 11.6 Å². The predicted molar refractivity (Wildman–Crippen MR) is 102 cm³/mol. The van der Waals surface area contributed by atoms with E-state index in [0.717, 1.165) is 44.9 Å². The molecule has 0 atom stereocenters. The van der Waals surface area contributed by atoms with Crippen LogP contribution in [0.5, 0.6) is 11.5 Å². The Morgan fingerprint density at radius 2 is 1.56 bits per heavy atom. The predicted octanol–water partition coefficient (Wildman–Crippen LogP) is 6.75. The molecule has 1 fully saturated rings. The summed E-state index contributed by atoms with van der Waals surface area (Å²) in [6, 6.07) is 6.64. The minimum absolute atomic E-state index is 0.0231. The fourth-order valence-corrected chi connectivity index (χ4v) is 3.72. The van der Waals surface area contributed by atoms with Crippen LogP contribution < -0.4 is 9.47 Å². The Bertz CT molecular complexity index is 942. The molecule has 0 radical (unpaired) electrons. The van der Waals surface area contributed by atoms with Gasteiger partial charge in [0.2, 0.25) is 11.6 Å². The first-order chi connectivity index (χ1) is 13.2. The number of rotatable bonds is 7. The Balaban J connectivity index is 1.66. The first-order valence-electron chi connectivity index (χ1n) is 9.81. The third kappa shape index (κ3) is 3.47. The van der Waals surface area contributed by atoms with Crippen molar-refractivity contribution in [3.05, 3.63) is 35.9 Å². The molecule has 1 aromatic heterocycles. The zero-order valence-corrected chi connectivity index (χ0v) is 15.5. The summed E-state index contributed by atoms with van der Waals surface area (Å²) in [6.07, 6.45) is 7.08. The highest BCUT2D eigenvalue weighted by atomic mass is 19.1. The summed E-state index contributed by atoms with van der Waals surface area (Å²) in [5, 5.41) is 1.08. The second-order valence-corrected chi connectivity index (χ2v) is 7.19. The highest BCUT2D eigenvalue weighted by molar-refractivity contribution is 6.06. The number of unbranched alkanes of at least 4 members (excludes halogenated alkanes) is 2. The third-order valence-corrected chi connectivity index (χ3v) is 5.22. The van der Waals surface area contributed by atoms with Crippen molar-refractivity contribution >= 4 is 21.9 Å². The van der Waals surface area contributed by atoms with Crippen molar-refractivity contribution < 1.29 is 22.7 Å². The highest BCUT2D eigenvalue weighted by Crippen LogP contribution is 2.38. The van der Waals surface area contributed by atoms with Gasteiger partial charge in [0.25, 0.3) is 0 Å². The number of furan rings is 1. The van der Waals surface area contributed by atoms with Gasteiger partial charge < -0.3 is 13.9 Å². The van der Waals surface area contributed by atoms with Gasteiger partial charge in [-0.15, -0.1) is 0 Å². The second kappa shape index (κ2) is 7.75. The Morgan fingerprint density at radius 1 is 0.926 bits per heavy atom. The van der Waals surface area contributed by atoms with E-state index >= 15 is 0 Å². The molecule has 0 unspecified atom stereocenters. The molecule has 1 saturated carbocycles. The molecule has 4 rings (SSSR count). The Morgan fingerprint density at radius 3 is 2.22 bits per heavy atom. The minimum Gasteiger partial charge on any atom is -0.490 e. The van der Waals surface area contributed by atoms with Crippen LogP contribution in [0.25, 0.3) is 21.9 Å². The molecule has 0 amide bonds. The van der Waals surface area contributed by atoms with Gasteiger partial charge in [0.1, 0.15) is 0 Å². The van der Waals surface area contributed by atoms with Crippen molar-refractivity contribution in [2.75, 3.05) is 6.61 Å². The fourth-order valence-electron chi connectivity index (χ4n) is 3.72. The van der Waals surface area contributed by atoms with E-state index in [1.807, 2.05) is 0 Å². The first-order valence-corrected chi connectivity index (χ1v) is 9.81. The lowest BCUT2D eigenvalue weighted by Gasteiger charge is -2.13. The summed E-state index contributed by atoms with van der Waals surface area (Å²) in [5.41, 5.74) is 0.0532. The van der Waals surface area contributed by atoms with Crippen molar-refractivity contribution in [2.45, 2.75) is 58.0 Å². The maximum absolute atomic E-state index is 14.9. The molecule has 0 spiro atoms. The van der Waals surface area contributed by atoms with E-state index in [1.165, 1.54) is 0 Å². The number of fused-ring (bicyclic) bond motifs is 3. The lowest BCUT2D eigenvalue weighted by Crippen LogP contribution is -2.11. The molecule has 1 aliphatic rings. The second-order valence-electron chi connectivity index (χ2n) is 7.19. The summed E-state index contributed by atoms with van der Waals surface area (Å²) in [7, 11) is 0. The summed E-state index contributed by atoms with van der Waals surface area (Å²) in [5.74, 6) is -0.844. The van der Waals surface area contributed by atoms with Crippen molar-refractivity contribution in [1.29, 1.82) is 0 Å². The van der Waals surface area contributed by atoms with Crippen LogP contribution in [0.3, 0.4) is 0 Å². The maximum atomic E-state index is 14.9. The molecule has 3 nitrogen and oxygen atoms in total. The zero-order chi connectivity index (χ0) is 18.8. The monoisotopic (exact) mass is 374 g/mol. The average Bonchev–Trinajstić information content (AvgIpc) is 3.31. The zero-order valence-electron chi connectivity index (χ0n) is 15.5. The summed E-state index contributed by atoms with van der Waals surface area (Å²) >= 11 is 0. The van der Waals surface area contributed by atoms with E-state index in [0.29, 0.717) is 17.4 Å². The van der Waals surface area contributed by atoms with Crippen LogP contribution >= 0.6 is 0 Å². The molecule has 1 heterocycles. The minimum atomic E-state index is -0.585. The molecule has 0 N–H and O–H groups in total. The number of benzene rings is 2. The number of hydrogen-bond donors (Lipinski definition) is 0. The standard InChI is InChI=1S/C22H24F2O3/c1-2-3-6-13-25-17-11-9-15-16-10-12-18(26-14-7-4-5-8-14)20(24)22(16)27-21(15)19(17)23/h9-12,14H,2-8,13H2,1H3. The fraction of sp³-hybridized carbons (Fsp3) is 0.455. The van der Waals surface area contributed by atoms with Crippen LogP contribution in [0.1, 0.15) is 51.9 Å². The van der Waals surface area contributed by atoms with Crippen molar-refractivity contribution in [2.24, 2.45) is 0 Å². The molecule has 0 saturated heterocycles. The highest BCUT2D eigenvalue weighted by Gasteiger charge is 2.23. The Hall–Kier alpha value is -2.30. The van der Waals surface area contributed by atoms with Crippen LogP contribution in [0.15, 0.2) is 28.7 Å². The van der Waals surface area contributed by atoms with E-state index in [2.05, 4.69) is 6.92 Å². The quantitative estimate of drug-likeness (QED) is 0.428. The van der Waals surface area contributed by atoms with Gasteiger partial charge in [-0.3, -0.25) is 0 Å². The van der Waals surface area contributed by atoms with Gasteiger partial charge in [0.05, 0.1) is 12.7 Å². The molecule has 144 valence electrons. The van der Waals surface area contributed by atoms with Gasteiger partial charge in [0.15, 0.2) is 22.7 Å². The normalized spacial score (nSPS) is 15.1. The molecule has 1 aliphatic carbocycles. The Labute approximate surface area is 157 Å². The Kier molecular flexibility index (Phi) is 5.19. The van der Waals surface area contributed by atoms with Crippen LogP contribution in [0.2, 0.25) is 0 Å². The first kappa shape index (κ1) is 18.1. The van der Waals surface area contributed by atoms with Gasteiger partial charge in [-0.1, -0.05) is 19.8 Å². The van der Waals surface area contributed by atoms with Crippen LogP contribution in [0.4, 0.5) is 8.78 Å². The van der Waals surface area contributed by atoms with E-state index in [4.69, 9.17) is 13.9 Å². The lowest BCUT2D eigenvalue weighted by atomic mass is 10.1. The van der Waals surface area contributed by atoms with Crippen molar-refractivity contribution in [1.82, 2.24) is 0 Å². The average molecular weight is 374 g/mol. The largest absolute Gasteiger partial charge is 0.490 e. The van der Waals surface area contributed by atoms with Gasteiger partial charge in [0, 0.05) is 10.8 Å². The molecule has 0 aliphatic heterocycles. The molecule has 5 heteroatoms. The topological polar surface area (TPSA) is 31.6 Å². The van der Waals surface area contributed by atoms with Crippen molar-refractivity contribution in [3.63, 3.8) is 0 Å². The molecule has 0 bridgehead atoms. The molecule has 2 aromatic carbocycles. The smallest absolute Gasteiger partial charge is 0.208 e. The number of hydrogen-bond acceptors (Lipinski definition) is 3. The summed E-state index contributed by atoms with van der Waals surface area (Å²) < 4.78 is 46.6. The SMILES string of the molecule is CCCCCOc1ccc2c(oc3c(F)c(OC4CCCC4)ccc32)c1F. The van der Waals surface area contributed by atoms with Gasteiger partial charge >= 0.3 is 0 Å². The summed E-state index contributed by atoms with van der Waals surface area (Å²) in [6.45, 7) is 2.55. The van der Waals surface area contributed by atoms with Gasteiger partial charge in [-0.05, 0) is 56.4 Å². The molecular formula is C22H24F2O3. The third-order valence-electron chi connectivity index (χ3n) is 5.22. The number of halogens is 2. The van der Waals surface area contributed by atoms with Crippen molar-refractivity contribution in [3.8, 4) is 11.5 Å². The van der Waals surface area contributed by atoms with Gasteiger partial charge in [-0.2, -0.15) is 8.78 Å². The van der Waals surface area contributed by atoms with E-state index in [1.54, 1.807) is 24.3 Å². The number of ether oxygens (including phenoxy) is 2. The van der Waals surface area contributed by atoms with Crippen LogP contribution in [-0.2, 0) is 0 Å². The lowest BCUT2D eigenvalue weighted by molar-refractivity contribution is 0.201. The van der Waals surface area contributed by atoms with Crippen LogP contribution in [-0.4, -0.2) is 12.7 Å².